The van der Waals surface area contributed by atoms with E-state index in [1.165, 1.54) is 6.21 Å². The predicted octanol–water partition coefficient (Wildman–Crippen LogP) is 5.75. The lowest BCUT2D eigenvalue weighted by Crippen LogP contribution is -2.31. The molecule has 1 aliphatic rings. The van der Waals surface area contributed by atoms with Crippen molar-refractivity contribution in [2.75, 3.05) is 18.6 Å². The van der Waals surface area contributed by atoms with E-state index in [0.717, 1.165) is 23.0 Å². The van der Waals surface area contributed by atoms with Crippen LogP contribution >= 0.6 is 0 Å². The van der Waals surface area contributed by atoms with E-state index >= 15 is 0 Å². The van der Waals surface area contributed by atoms with Crippen molar-refractivity contribution < 1.29 is 22.7 Å². The standard InChI is InChI=1S/C28H26F3N3O2/c1-4-34-24-11-10-21(36-3)16-22(24)28(2,17-19-14-20(29)15-23(30)26(19)31)25(34)12-13-32-33-27(35)18-8-6-5-7-9-18/h5-16H,4,17H2,1-3H3,(H,33,35)/b25-12-,32-13+. The Morgan fingerprint density at radius 2 is 1.86 bits per heavy atom. The number of benzene rings is 3. The molecule has 0 saturated carbocycles. The number of methoxy groups -OCH3 is 1. The van der Waals surface area contributed by atoms with Crippen LogP contribution in [0.4, 0.5) is 18.9 Å². The Morgan fingerprint density at radius 3 is 2.56 bits per heavy atom. The van der Waals surface area contributed by atoms with Crippen LogP contribution in [0.5, 0.6) is 5.75 Å². The molecule has 0 fully saturated rings. The molecule has 0 bridgehead atoms. The van der Waals surface area contributed by atoms with Crippen molar-refractivity contribution in [1.82, 2.24) is 5.43 Å². The lowest BCUT2D eigenvalue weighted by atomic mass is 9.76. The molecule has 1 N–H and O–H groups in total. The second-order valence-electron chi connectivity index (χ2n) is 8.63. The van der Waals surface area contributed by atoms with Crippen LogP contribution < -0.4 is 15.1 Å². The van der Waals surface area contributed by atoms with Crippen molar-refractivity contribution >= 4 is 17.8 Å². The molecule has 1 atom stereocenters. The van der Waals surface area contributed by atoms with Gasteiger partial charge in [0.25, 0.3) is 5.91 Å². The average Bonchev–Trinajstić information content (AvgIpc) is 3.11. The summed E-state index contributed by atoms with van der Waals surface area (Å²) in [5, 5.41) is 4.05. The number of carbonyl (C=O) groups excluding carboxylic acids is 1. The van der Waals surface area contributed by atoms with Gasteiger partial charge in [-0.1, -0.05) is 18.2 Å². The van der Waals surface area contributed by atoms with Crippen LogP contribution in [0.3, 0.4) is 0 Å². The summed E-state index contributed by atoms with van der Waals surface area (Å²) in [7, 11) is 1.55. The fraction of sp³-hybridized carbons (Fsp3) is 0.214. The molecule has 5 nitrogen and oxygen atoms in total. The van der Waals surface area contributed by atoms with Gasteiger partial charge in [-0.3, -0.25) is 4.79 Å². The largest absolute Gasteiger partial charge is 0.497 e. The third-order valence-electron chi connectivity index (χ3n) is 6.38. The third kappa shape index (κ3) is 4.71. The first kappa shape index (κ1) is 25.0. The average molecular weight is 494 g/mol. The molecule has 0 aromatic heterocycles. The van der Waals surface area contributed by atoms with Gasteiger partial charge in [0.1, 0.15) is 11.6 Å². The lowest BCUT2D eigenvalue weighted by molar-refractivity contribution is 0.0955. The molecule has 36 heavy (non-hydrogen) atoms. The van der Waals surface area contributed by atoms with Crippen LogP contribution in [0.25, 0.3) is 0 Å². The minimum absolute atomic E-state index is 0.0137. The number of nitrogens with one attached hydrogen (secondary N) is 1. The second kappa shape index (κ2) is 10.3. The van der Waals surface area contributed by atoms with Crippen molar-refractivity contribution in [2.24, 2.45) is 5.10 Å². The Hall–Kier alpha value is -4.07. The zero-order chi connectivity index (χ0) is 25.9. The van der Waals surface area contributed by atoms with Gasteiger partial charge in [0.05, 0.1) is 7.11 Å². The highest BCUT2D eigenvalue weighted by molar-refractivity contribution is 5.94. The number of allylic oxidation sites excluding steroid dienone is 2. The van der Waals surface area contributed by atoms with Crippen molar-refractivity contribution in [1.29, 1.82) is 0 Å². The van der Waals surface area contributed by atoms with Gasteiger partial charge in [0, 0.05) is 41.2 Å². The van der Waals surface area contributed by atoms with Crippen LogP contribution in [0, 0.1) is 17.5 Å². The smallest absolute Gasteiger partial charge is 0.271 e. The number of hydrogen-bond donors (Lipinski definition) is 1. The number of ether oxygens (including phenoxy) is 1. The summed E-state index contributed by atoms with van der Waals surface area (Å²) < 4.78 is 48.2. The molecule has 1 aliphatic heterocycles. The van der Waals surface area contributed by atoms with Gasteiger partial charge in [0.2, 0.25) is 0 Å². The summed E-state index contributed by atoms with van der Waals surface area (Å²) in [6, 6.07) is 15.8. The summed E-state index contributed by atoms with van der Waals surface area (Å²) in [6.45, 7) is 4.42. The third-order valence-corrected chi connectivity index (χ3v) is 6.38. The normalized spacial score (nSPS) is 18.1. The molecule has 0 aliphatic carbocycles. The Labute approximate surface area is 207 Å². The first-order chi connectivity index (χ1) is 17.3. The molecule has 1 unspecified atom stereocenters. The summed E-state index contributed by atoms with van der Waals surface area (Å²) in [5.41, 5.74) is 4.41. The maximum Gasteiger partial charge on any atom is 0.271 e. The zero-order valence-electron chi connectivity index (χ0n) is 20.2. The highest BCUT2D eigenvalue weighted by Gasteiger charge is 2.44. The number of anilines is 1. The molecule has 8 heteroatoms. The number of nitrogens with zero attached hydrogens (tertiary/aromatic N) is 2. The van der Waals surface area contributed by atoms with E-state index in [4.69, 9.17) is 4.74 Å². The van der Waals surface area contributed by atoms with Crippen molar-refractivity contribution in [2.45, 2.75) is 25.7 Å². The van der Waals surface area contributed by atoms with E-state index in [2.05, 4.69) is 10.5 Å². The monoisotopic (exact) mass is 493 g/mol. The summed E-state index contributed by atoms with van der Waals surface area (Å²) in [5.74, 6) is -2.93. The van der Waals surface area contributed by atoms with Gasteiger partial charge < -0.3 is 9.64 Å². The van der Waals surface area contributed by atoms with Crippen LogP contribution in [0.1, 0.15) is 35.3 Å². The number of hydrazone groups is 1. The minimum atomic E-state index is -1.24. The van der Waals surface area contributed by atoms with Gasteiger partial charge in [-0.15, -0.1) is 0 Å². The minimum Gasteiger partial charge on any atom is -0.497 e. The first-order valence-corrected chi connectivity index (χ1v) is 11.5. The van der Waals surface area contributed by atoms with E-state index in [0.29, 0.717) is 23.9 Å². The molecular weight excluding hydrogens is 467 g/mol. The molecule has 0 radical (unpaired) electrons. The quantitative estimate of drug-likeness (QED) is 0.259. The SMILES string of the molecule is CCN1/C(=C\C=N\NC(=O)c2ccccc2)C(C)(Cc2cc(F)cc(F)c2F)c2cc(OC)ccc21. The lowest BCUT2D eigenvalue weighted by Gasteiger charge is -2.30. The maximum atomic E-state index is 14.7. The highest BCUT2D eigenvalue weighted by atomic mass is 19.2. The summed E-state index contributed by atoms with van der Waals surface area (Å²) >= 11 is 0. The number of fused-ring (bicyclic) bond motifs is 1. The molecule has 0 spiro atoms. The molecule has 1 heterocycles. The predicted molar refractivity (Wildman–Crippen MR) is 134 cm³/mol. The van der Waals surface area contributed by atoms with Gasteiger partial charge >= 0.3 is 0 Å². The maximum absolute atomic E-state index is 14.7. The molecule has 1 amide bonds. The van der Waals surface area contributed by atoms with Gasteiger partial charge in [-0.05, 0) is 73.9 Å². The van der Waals surface area contributed by atoms with Gasteiger partial charge in [-0.2, -0.15) is 5.10 Å². The van der Waals surface area contributed by atoms with Crippen LogP contribution in [0.2, 0.25) is 0 Å². The van der Waals surface area contributed by atoms with Crippen molar-refractivity contribution in [3.63, 3.8) is 0 Å². The van der Waals surface area contributed by atoms with E-state index < -0.39 is 22.9 Å². The van der Waals surface area contributed by atoms with Crippen LogP contribution in [-0.4, -0.2) is 25.8 Å². The summed E-state index contributed by atoms with van der Waals surface area (Å²) in [6.07, 6.45) is 3.15. The fourth-order valence-electron chi connectivity index (χ4n) is 4.66. The second-order valence-corrected chi connectivity index (χ2v) is 8.63. The highest BCUT2D eigenvalue weighted by Crippen LogP contribution is 2.50. The van der Waals surface area contributed by atoms with Gasteiger partial charge in [0.15, 0.2) is 11.6 Å². The Morgan fingerprint density at radius 1 is 1.11 bits per heavy atom. The molecule has 0 saturated heterocycles. The van der Waals surface area contributed by atoms with Crippen molar-refractivity contribution in [3.05, 3.63) is 107 Å². The molecular formula is C28H26F3N3O2. The molecule has 4 rings (SSSR count). The van der Waals surface area contributed by atoms with Gasteiger partial charge in [-0.25, -0.2) is 18.6 Å². The number of likely N-dealkylation sites (N-methyl/N-ethyl adjacent to an activating group) is 1. The fourth-order valence-corrected chi connectivity index (χ4v) is 4.66. The number of amides is 1. The molecule has 3 aromatic carbocycles. The Balaban J connectivity index is 1.74. The van der Waals surface area contributed by atoms with E-state index in [9.17, 15) is 18.0 Å². The van der Waals surface area contributed by atoms with Crippen molar-refractivity contribution in [3.8, 4) is 5.75 Å². The molecule has 186 valence electrons. The summed E-state index contributed by atoms with van der Waals surface area (Å²) in [4.78, 5) is 14.3. The number of halogens is 3. The number of rotatable bonds is 7. The number of hydrogen-bond acceptors (Lipinski definition) is 4. The van der Waals surface area contributed by atoms with Crippen LogP contribution in [0.15, 0.2) is 77.5 Å². The molecule has 3 aromatic rings. The topological polar surface area (TPSA) is 53.9 Å². The van der Waals surface area contributed by atoms with E-state index in [1.807, 2.05) is 43.0 Å². The number of carbonyl (C=O) groups is 1. The Bertz CT molecular complexity index is 1340. The first-order valence-electron chi connectivity index (χ1n) is 11.5. The van der Waals surface area contributed by atoms with E-state index in [1.54, 1.807) is 37.5 Å². The Kier molecular flexibility index (Phi) is 7.15. The zero-order valence-corrected chi connectivity index (χ0v) is 20.2. The van der Waals surface area contributed by atoms with E-state index in [-0.39, 0.29) is 17.9 Å². The van der Waals surface area contributed by atoms with Crippen LogP contribution in [-0.2, 0) is 11.8 Å².